The Balaban J connectivity index is 1.70. The van der Waals surface area contributed by atoms with Crippen LogP contribution in [0.2, 0.25) is 0 Å². The number of hydrogen-bond acceptors (Lipinski definition) is 4. The molecule has 3 rings (SSSR count). The topological polar surface area (TPSA) is 72.2 Å². The normalized spacial score (nSPS) is 21.9. The fourth-order valence-electron chi connectivity index (χ4n) is 2.25. The van der Waals surface area contributed by atoms with E-state index in [4.69, 9.17) is 5.73 Å². The van der Waals surface area contributed by atoms with Gasteiger partial charge in [-0.15, -0.1) is 11.3 Å². The van der Waals surface area contributed by atoms with Crippen LogP contribution in [0.25, 0.3) is 0 Å². The molecule has 2 atom stereocenters. The molecule has 1 saturated carbocycles. The molecule has 3 N–H and O–H groups in total. The number of nitrogens with one attached hydrogen (secondary N) is 1. The van der Waals surface area contributed by atoms with Gasteiger partial charge < -0.3 is 5.73 Å². The van der Waals surface area contributed by atoms with E-state index in [0.717, 1.165) is 12.0 Å². The monoisotopic (exact) mass is 308 g/mol. The quantitative estimate of drug-likeness (QED) is 0.888. The lowest BCUT2D eigenvalue weighted by Crippen LogP contribution is -2.26. The van der Waals surface area contributed by atoms with Crippen molar-refractivity contribution in [1.82, 2.24) is 4.72 Å². The number of rotatable bonds is 5. The van der Waals surface area contributed by atoms with Crippen LogP contribution in [-0.2, 0) is 16.6 Å². The lowest BCUT2D eigenvalue weighted by atomic mass is 10.1. The first-order valence-corrected chi connectivity index (χ1v) is 8.81. The lowest BCUT2D eigenvalue weighted by molar-refractivity contribution is 0.582. The summed E-state index contributed by atoms with van der Waals surface area (Å²) in [5.74, 6) is 0.292. The summed E-state index contributed by atoms with van der Waals surface area (Å²) in [6.45, 7) is 0.363. The van der Waals surface area contributed by atoms with Crippen LogP contribution < -0.4 is 10.5 Å². The van der Waals surface area contributed by atoms with Crippen molar-refractivity contribution < 1.29 is 8.42 Å². The van der Waals surface area contributed by atoms with Crippen molar-refractivity contribution in [3.05, 3.63) is 52.9 Å². The Morgan fingerprint density at radius 2 is 2.05 bits per heavy atom. The van der Waals surface area contributed by atoms with Crippen LogP contribution >= 0.6 is 11.3 Å². The van der Waals surface area contributed by atoms with Gasteiger partial charge in [-0.2, -0.15) is 0 Å². The molecule has 0 spiro atoms. The minimum absolute atomic E-state index is 0.00539. The van der Waals surface area contributed by atoms with Crippen molar-refractivity contribution >= 4 is 21.4 Å². The Kier molecular flexibility index (Phi) is 3.64. The van der Waals surface area contributed by atoms with E-state index in [9.17, 15) is 8.42 Å². The number of sulfonamides is 1. The molecule has 20 heavy (non-hydrogen) atoms. The molecular formula is C14H16N2O2S2. The molecular weight excluding hydrogens is 292 g/mol. The highest BCUT2D eigenvalue weighted by Gasteiger charge is 2.41. The van der Waals surface area contributed by atoms with E-state index in [1.807, 2.05) is 30.3 Å². The van der Waals surface area contributed by atoms with Crippen molar-refractivity contribution in [2.75, 3.05) is 0 Å². The first kappa shape index (κ1) is 13.8. The molecule has 2 aromatic rings. The fraction of sp³-hybridized carbons (Fsp3) is 0.286. The molecule has 4 nitrogen and oxygen atoms in total. The van der Waals surface area contributed by atoms with E-state index in [2.05, 4.69) is 4.72 Å². The van der Waals surface area contributed by atoms with E-state index in [-0.39, 0.29) is 6.04 Å². The predicted octanol–water partition coefficient (Wildman–Crippen LogP) is 2.04. The second-order valence-corrected chi connectivity index (χ2v) is 7.81. The molecule has 0 aliphatic heterocycles. The number of hydrogen-bond donors (Lipinski definition) is 2. The maximum Gasteiger partial charge on any atom is 0.250 e. The third kappa shape index (κ3) is 2.78. The molecule has 106 valence electrons. The van der Waals surface area contributed by atoms with Gasteiger partial charge >= 0.3 is 0 Å². The molecule has 2 unspecified atom stereocenters. The molecule has 1 aromatic carbocycles. The standard InChI is InChI=1S/C14H16N2O2S2/c15-8-10-6-14(19-9-10)20(17,18)16-13-7-12(13)11-4-2-1-3-5-11/h1-6,9,12-13,16H,7-8,15H2. The van der Waals surface area contributed by atoms with Crippen molar-refractivity contribution in [3.8, 4) is 0 Å². The van der Waals surface area contributed by atoms with E-state index < -0.39 is 10.0 Å². The summed E-state index contributed by atoms with van der Waals surface area (Å²) < 4.78 is 27.6. The van der Waals surface area contributed by atoms with Crippen molar-refractivity contribution in [2.45, 2.75) is 29.1 Å². The molecule has 0 amide bonds. The lowest BCUT2D eigenvalue weighted by Gasteiger charge is -2.04. The average Bonchev–Trinajstić information content (AvgIpc) is 3.02. The summed E-state index contributed by atoms with van der Waals surface area (Å²) in [7, 11) is -3.41. The van der Waals surface area contributed by atoms with Crippen molar-refractivity contribution in [2.24, 2.45) is 5.73 Å². The van der Waals surface area contributed by atoms with Gasteiger partial charge in [0.1, 0.15) is 4.21 Å². The van der Waals surface area contributed by atoms with Gasteiger partial charge in [0.05, 0.1) is 0 Å². The molecule has 0 saturated heterocycles. The van der Waals surface area contributed by atoms with Crippen LogP contribution in [0.3, 0.4) is 0 Å². The third-order valence-corrected chi connectivity index (χ3v) is 6.43. The largest absolute Gasteiger partial charge is 0.326 e. The SMILES string of the molecule is NCc1csc(S(=O)(=O)NC2CC2c2ccccc2)c1. The van der Waals surface area contributed by atoms with E-state index >= 15 is 0 Å². The Morgan fingerprint density at radius 3 is 2.70 bits per heavy atom. The predicted molar refractivity (Wildman–Crippen MR) is 80.1 cm³/mol. The summed E-state index contributed by atoms with van der Waals surface area (Å²) in [6.07, 6.45) is 0.859. The minimum atomic E-state index is -3.41. The van der Waals surface area contributed by atoms with Gasteiger partial charge in [0.25, 0.3) is 0 Å². The van der Waals surface area contributed by atoms with Crippen molar-refractivity contribution in [1.29, 1.82) is 0 Å². The smallest absolute Gasteiger partial charge is 0.250 e. The Labute approximate surface area is 122 Å². The summed E-state index contributed by atoms with van der Waals surface area (Å²) in [5.41, 5.74) is 7.55. The minimum Gasteiger partial charge on any atom is -0.326 e. The van der Waals surface area contributed by atoms with Crippen molar-refractivity contribution in [3.63, 3.8) is 0 Å². The molecule has 1 fully saturated rings. The maximum atomic E-state index is 12.2. The van der Waals surface area contributed by atoms with Gasteiger partial charge in [-0.3, -0.25) is 0 Å². The maximum absolute atomic E-state index is 12.2. The van der Waals surface area contributed by atoms with Crippen LogP contribution in [-0.4, -0.2) is 14.5 Å². The first-order chi connectivity index (χ1) is 9.60. The number of benzene rings is 1. The van der Waals surface area contributed by atoms with Gasteiger partial charge in [0.15, 0.2) is 0 Å². The summed E-state index contributed by atoms with van der Waals surface area (Å²) >= 11 is 1.22. The van der Waals surface area contributed by atoms with E-state index in [1.54, 1.807) is 11.4 Å². The summed E-state index contributed by atoms with van der Waals surface area (Å²) in [5, 5.41) is 1.79. The highest BCUT2D eigenvalue weighted by Crippen LogP contribution is 2.41. The zero-order valence-corrected chi connectivity index (χ0v) is 12.5. The van der Waals surface area contributed by atoms with Gasteiger partial charge in [-0.25, -0.2) is 13.1 Å². The molecule has 1 heterocycles. The number of thiophene rings is 1. The van der Waals surface area contributed by atoms with Crippen LogP contribution in [0.4, 0.5) is 0 Å². The Morgan fingerprint density at radius 1 is 1.30 bits per heavy atom. The Hall–Kier alpha value is -1.21. The molecule has 0 bridgehead atoms. The van der Waals surface area contributed by atoms with Gasteiger partial charge in [-0.1, -0.05) is 30.3 Å². The molecule has 6 heteroatoms. The zero-order chi connectivity index (χ0) is 14.2. The Bertz CT molecular complexity index is 695. The zero-order valence-electron chi connectivity index (χ0n) is 10.8. The first-order valence-electron chi connectivity index (χ1n) is 6.45. The van der Waals surface area contributed by atoms with E-state index in [0.29, 0.717) is 16.7 Å². The van der Waals surface area contributed by atoms with Crippen LogP contribution in [0.1, 0.15) is 23.5 Å². The molecule has 1 aliphatic carbocycles. The van der Waals surface area contributed by atoms with Gasteiger partial charge in [0, 0.05) is 18.5 Å². The highest BCUT2D eigenvalue weighted by atomic mass is 32.2. The highest BCUT2D eigenvalue weighted by molar-refractivity contribution is 7.91. The van der Waals surface area contributed by atoms with Crippen LogP contribution in [0.5, 0.6) is 0 Å². The third-order valence-electron chi connectivity index (χ3n) is 3.45. The number of nitrogens with two attached hydrogens (primary N) is 1. The van der Waals surface area contributed by atoms with Crippen LogP contribution in [0, 0.1) is 0 Å². The average molecular weight is 308 g/mol. The molecule has 1 aliphatic rings. The fourth-order valence-corrected chi connectivity index (χ4v) is 4.78. The van der Waals surface area contributed by atoms with Crippen LogP contribution in [0.15, 0.2) is 46.0 Å². The second kappa shape index (κ2) is 5.29. The van der Waals surface area contributed by atoms with E-state index in [1.165, 1.54) is 16.9 Å². The summed E-state index contributed by atoms with van der Waals surface area (Å²) in [6, 6.07) is 11.6. The second-order valence-electron chi connectivity index (χ2n) is 4.96. The summed E-state index contributed by atoms with van der Waals surface area (Å²) in [4.78, 5) is 0. The van der Waals surface area contributed by atoms with Gasteiger partial charge in [-0.05, 0) is 29.0 Å². The molecule has 1 aromatic heterocycles. The van der Waals surface area contributed by atoms with Gasteiger partial charge in [0.2, 0.25) is 10.0 Å². The molecule has 0 radical (unpaired) electrons.